The Bertz CT molecular complexity index is 670. The Balaban J connectivity index is 1.52. The van der Waals surface area contributed by atoms with E-state index < -0.39 is 0 Å². The third-order valence-electron chi connectivity index (χ3n) is 4.31. The van der Waals surface area contributed by atoms with Crippen molar-refractivity contribution in [2.24, 2.45) is 0 Å². The van der Waals surface area contributed by atoms with Gasteiger partial charge in [-0.1, -0.05) is 6.07 Å². The van der Waals surface area contributed by atoms with E-state index in [1.165, 1.54) is 25.9 Å². The Labute approximate surface area is 143 Å². The van der Waals surface area contributed by atoms with Gasteiger partial charge in [0, 0.05) is 24.0 Å². The minimum Gasteiger partial charge on any atom is -0.383 e. The van der Waals surface area contributed by atoms with Crippen LogP contribution >= 0.6 is 0 Å². The molecule has 0 aliphatic carbocycles. The van der Waals surface area contributed by atoms with Gasteiger partial charge in [-0.25, -0.2) is 9.97 Å². The van der Waals surface area contributed by atoms with E-state index in [0.29, 0.717) is 12.4 Å². The van der Waals surface area contributed by atoms with Gasteiger partial charge in [0.05, 0.1) is 18.9 Å². The van der Waals surface area contributed by atoms with Gasteiger partial charge in [0.1, 0.15) is 11.6 Å². The molecule has 2 aromatic heterocycles. The van der Waals surface area contributed by atoms with Crippen molar-refractivity contribution in [3.63, 3.8) is 0 Å². The summed E-state index contributed by atoms with van der Waals surface area (Å²) in [4.78, 5) is 11.1. The van der Waals surface area contributed by atoms with E-state index >= 15 is 0 Å². The van der Waals surface area contributed by atoms with Gasteiger partial charge in [-0.15, -0.1) is 0 Å². The number of hydrogen-bond donors (Lipinski definition) is 2. The Morgan fingerprint density at radius 2 is 2.08 bits per heavy atom. The molecule has 1 fully saturated rings. The van der Waals surface area contributed by atoms with Gasteiger partial charge in [-0.05, 0) is 51.1 Å². The highest BCUT2D eigenvalue weighted by atomic mass is 16.5. The Hall–Kier alpha value is -2.18. The molecule has 1 aliphatic rings. The molecule has 0 aromatic carbocycles. The molecule has 0 saturated carbocycles. The first-order valence-corrected chi connectivity index (χ1v) is 8.46. The number of nitrogens with zero attached hydrogens (tertiary/aromatic N) is 3. The van der Waals surface area contributed by atoms with E-state index in [1.54, 1.807) is 6.20 Å². The normalized spacial score (nSPS) is 14.9. The van der Waals surface area contributed by atoms with Crippen LogP contribution in [0.1, 0.15) is 24.1 Å². The molecular formula is C18H25N5O. The second-order valence-electron chi connectivity index (χ2n) is 6.11. The molecule has 0 atom stereocenters. The van der Waals surface area contributed by atoms with E-state index in [1.807, 2.05) is 31.2 Å². The SMILES string of the molecule is Cc1c(Nc2cccc(COCCN3CCCC3)n2)ccnc1N. The monoisotopic (exact) mass is 327 g/mol. The average Bonchev–Trinajstić information content (AvgIpc) is 3.10. The maximum absolute atomic E-state index is 5.84. The number of pyridine rings is 2. The van der Waals surface area contributed by atoms with Crippen LogP contribution in [0.2, 0.25) is 0 Å². The van der Waals surface area contributed by atoms with Gasteiger partial charge in [0.25, 0.3) is 0 Å². The van der Waals surface area contributed by atoms with Crippen LogP contribution in [0, 0.1) is 6.92 Å². The molecule has 6 heteroatoms. The molecule has 6 nitrogen and oxygen atoms in total. The summed E-state index contributed by atoms with van der Waals surface area (Å²) < 4.78 is 5.77. The van der Waals surface area contributed by atoms with E-state index in [2.05, 4.69) is 20.2 Å². The quantitative estimate of drug-likeness (QED) is 0.762. The summed E-state index contributed by atoms with van der Waals surface area (Å²) >= 11 is 0. The number of nitrogens with one attached hydrogen (secondary N) is 1. The van der Waals surface area contributed by atoms with Gasteiger partial charge in [-0.3, -0.25) is 0 Å². The fourth-order valence-corrected chi connectivity index (χ4v) is 2.83. The molecule has 1 aliphatic heterocycles. The zero-order valence-electron chi connectivity index (χ0n) is 14.2. The highest BCUT2D eigenvalue weighted by Gasteiger charge is 2.10. The largest absolute Gasteiger partial charge is 0.383 e. The molecule has 3 rings (SSSR count). The average molecular weight is 327 g/mol. The molecule has 0 amide bonds. The lowest BCUT2D eigenvalue weighted by atomic mass is 10.2. The molecule has 3 N–H and O–H groups in total. The molecule has 3 heterocycles. The van der Waals surface area contributed by atoms with E-state index in [-0.39, 0.29) is 0 Å². The van der Waals surface area contributed by atoms with Crippen LogP contribution in [0.25, 0.3) is 0 Å². The molecule has 0 spiro atoms. The lowest BCUT2D eigenvalue weighted by molar-refractivity contribution is 0.0972. The first-order chi connectivity index (χ1) is 11.7. The molecular weight excluding hydrogens is 302 g/mol. The van der Waals surface area contributed by atoms with E-state index in [9.17, 15) is 0 Å². The smallest absolute Gasteiger partial charge is 0.130 e. The number of aromatic nitrogens is 2. The van der Waals surface area contributed by atoms with Crippen molar-refractivity contribution in [1.82, 2.24) is 14.9 Å². The van der Waals surface area contributed by atoms with Gasteiger partial charge < -0.3 is 20.7 Å². The number of hydrogen-bond acceptors (Lipinski definition) is 6. The molecule has 24 heavy (non-hydrogen) atoms. The first-order valence-electron chi connectivity index (χ1n) is 8.46. The van der Waals surface area contributed by atoms with Crippen LogP contribution < -0.4 is 11.1 Å². The summed E-state index contributed by atoms with van der Waals surface area (Å²) in [6, 6.07) is 7.79. The third-order valence-corrected chi connectivity index (χ3v) is 4.31. The second kappa shape index (κ2) is 8.08. The topological polar surface area (TPSA) is 76.3 Å². The minimum atomic E-state index is 0.529. The van der Waals surface area contributed by atoms with Crippen LogP contribution in [0.3, 0.4) is 0 Å². The zero-order valence-corrected chi connectivity index (χ0v) is 14.2. The summed E-state index contributed by atoms with van der Waals surface area (Å²) in [5, 5.41) is 3.29. The summed E-state index contributed by atoms with van der Waals surface area (Å²) in [5.41, 5.74) is 8.60. The van der Waals surface area contributed by atoms with E-state index in [4.69, 9.17) is 10.5 Å². The number of rotatable bonds is 7. The van der Waals surface area contributed by atoms with Crippen molar-refractivity contribution in [3.8, 4) is 0 Å². The van der Waals surface area contributed by atoms with Crippen molar-refractivity contribution in [1.29, 1.82) is 0 Å². The standard InChI is InChI=1S/C18H25N5O/c1-14-16(7-8-20-18(14)19)22-17-6-4-5-15(21-17)13-24-12-11-23-9-2-3-10-23/h4-8H,2-3,9-13H2,1H3,(H3,19,20,21,22). The lowest BCUT2D eigenvalue weighted by Gasteiger charge is -2.14. The lowest BCUT2D eigenvalue weighted by Crippen LogP contribution is -2.24. The highest BCUT2D eigenvalue weighted by Crippen LogP contribution is 2.22. The molecule has 0 bridgehead atoms. The van der Waals surface area contributed by atoms with Crippen LogP contribution in [0.5, 0.6) is 0 Å². The molecule has 0 radical (unpaired) electrons. The van der Waals surface area contributed by atoms with Crippen LogP contribution in [0.4, 0.5) is 17.3 Å². The first kappa shape index (κ1) is 16.7. The van der Waals surface area contributed by atoms with Gasteiger partial charge in [0.15, 0.2) is 0 Å². The van der Waals surface area contributed by atoms with Crippen molar-refractivity contribution >= 4 is 17.3 Å². The third kappa shape index (κ3) is 4.43. The summed E-state index contributed by atoms with van der Waals surface area (Å²) in [6.45, 7) is 6.63. The summed E-state index contributed by atoms with van der Waals surface area (Å²) in [5.74, 6) is 1.31. The van der Waals surface area contributed by atoms with Crippen LogP contribution in [-0.2, 0) is 11.3 Å². The Kier molecular flexibility index (Phi) is 5.61. The number of ether oxygens (including phenoxy) is 1. The maximum Gasteiger partial charge on any atom is 0.130 e. The minimum absolute atomic E-state index is 0.529. The molecule has 1 saturated heterocycles. The number of nitrogen functional groups attached to an aromatic ring is 1. The van der Waals surface area contributed by atoms with Crippen LogP contribution in [-0.4, -0.2) is 41.1 Å². The van der Waals surface area contributed by atoms with Gasteiger partial charge >= 0.3 is 0 Å². The summed E-state index contributed by atoms with van der Waals surface area (Å²) in [6.07, 6.45) is 4.32. The predicted octanol–water partition coefficient (Wildman–Crippen LogP) is 2.72. The number of likely N-dealkylation sites (tertiary alicyclic amines) is 1. The second-order valence-corrected chi connectivity index (χ2v) is 6.11. The summed E-state index contributed by atoms with van der Waals surface area (Å²) in [7, 11) is 0. The number of nitrogens with two attached hydrogens (primary N) is 1. The fraction of sp³-hybridized carbons (Fsp3) is 0.444. The Morgan fingerprint density at radius 1 is 1.25 bits per heavy atom. The van der Waals surface area contributed by atoms with Crippen molar-refractivity contribution in [2.75, 3.05) is 37.3 Å². The van der Waals surface area contributed by atoms with Gasteiger partial charge in [-0.2, -0.15) is 0 Å². The number of anilines is 3. The Morgan fingerprint density at radius 3 is 2.92 bits per heavy atom. The van der Waals surface area contributed by atoms with Crippen LogP contribution in [0.15, 0.2) is 30.5 Å². The highest BCUT2D eigenvalue weighted by molar-refractivity contribution is 5.65. The molecule has 0 unspecified atom stereocenters. The van der Waals surface area contributed by atoms with Crippen molar-refractivity contribution < 1.29 is 4.74 Å². The maximum atomic E-state index is 5.84. The fourth-order valence-electron chi connectivity index (χ4n) is 2.83. The predicted molar refractivity (Wildman–Crippen MR) is 96.2 cm³/mol. The molecule has 2 aromatic rings. The van der Waals surface area contributed by atoms with Gasteiger partial charge in [0.2, 0.25) is 0 Å². The van der Waals surface area contributed by atoms with Crippen molar-refractivity contribution in [3.05, 3.63) is 41.7 Å². The molecule has 128 valence electrons. The van der Waals surface area contributed by atoms with E-state index in [0.717, 1.165) is 35.9 Å². The zero-order chi connectivity index (χ0) is 16.8. The van der Waals surface area contributed by atoms with Crippen molar-refractivity contribution in [2.45, 2.75) is 26.4 Å².